The number of anilines is 1. The SMILES string of the molecule is CC/C=C/C(=O)OCC(=O)Nc1ccccc1SCC#N. The van der Waals surface area contributed by atoms with E-state index in [-0.39, 0.29) is 6.61 Å². The van der Waals surface area contributed by atoms with Crippen molar-refractivity contribution in [2.24, 2.45) is 0 Å². The number of carbonyl (C=O) groups excluding carboxylic acids is 2. The number of rotatable bonds is 7. The Morgan fingerprint density at radius 2 is 2.19 bits per heavy atom. The van der Waals surface area contributed by atoms with E-state index in [0.717, 1.165) is 11.3 Å². The highest BCUT2D eigenvalue weighted by atomic mass is 32.2. The number of hydrogen-bond donors (Lipinski definition) is 1. The highest BCUT2D eigenvalue weighted by molar-refractivity contribution is 7.99. The van der Waals surface area contributed by atoms with Crippen LogP contribution in [-0.4, -0.2) is 24.2 Å². The number of thioether (sulfide) groups is 1. The van der Waals surface area contributed by atoms with Gasteiger partial charge in [-0.1, -0.05) is 25.1 Å². The van der Waals surface area contributed by atoms with Crippen molar-refractivity contribution in [3.63, 3.8) is 0 Å². The number of allylic oxidation sites excluding steroid dienone is 1. The average Bonchev–Trinajstić information content (AvgIpc) is 2.50. The largest absolute Gasteiger partial charge is 0.452 e. The third kappa shape index (κ3) is 6.63. The Labute approximate surface area is 128 Å². The zero-order valence-corrected chi connectivity index (χ0v) is 12.5. The number of para-hydroxylation sites is 1. The van der Waals surface area contributed by atoms with Crippen LogP contribution in [0.4, 0.5) is 5.69 Å². The smallest absolute Gasteiger partial charge is 0.330 e. The van der Waals surface area contributed by atoms with Crippen molar-refractivity contribution in [1.29, 1.82) is 5.26 Å². The van der Waals surface area contributed by atoms with Crippen molar-refractivity contribution < 1.29 is 14.3 Å². The highest BCUT2D eigenvalue weighted by Crippen LogP contribution is 2.26. The molecule has 1 aromatic carbocycles. The summed E-state index contributed by atoms with van der Waals surface area (Å²) in [5, 5.41) is 11.3. The maximum absolute atomic E-state index is 11.7. The Kier molecular flexibility index (Phi) is 7.69. The van der Waals surface area contributed by atoms with Gasteiger partial charge < -0.3 is 10.1 Å². The van der Waals surface area contributed by atoms with Crippen molar-refractivity contribution in [3.05, 3.63) is 36.4 Å². The van der Waals surface area contributed by atoms with Gasteiger partial charge in [0.05, 0.1) is 17.5 Å². The van der Waals surface area contributed by atoms with E-state index in [4.69, 9.17) is 10.00 Å². The summed E-state index contributed by atoms with van der Waals surface area (Å²) in [6.07, 6.45) is 3.68. The van der Waals surface area contributed by atoms with Gasteiger partial charge in [0.15, 0.2) is 6.61 Å². The molecule has 0 aliphatic carbocycles. The summed E-state index contributed by atoms with van der Waals surface area (Å²) >= 11 is 1.33. The number of nitrogens with zero attached hydrogens (tertiary/aromatic N) is 1. The van der Waals surface area contributed by atoms with Gasteiger partial charge in [-0.05, 0) is 18.6 Å². The van der Waals surface area contributed by atoms with E-state index in [1.54, 1.807) is 18.2 Å². The Balaban J connectivity index is 2.53. The number of ether oxygens (including phenoxy) is 1. The summed E-state index contributed by atoms with van der Waals surface area (Å²) in [7, 11) is 0. The number of hydrogen-bond acceptors (Lipinski definition) is 5. The van der Waals surface area contributed by atoms with E-state index < -0.39 is 11.9 Å². The van der Waals surface area contributed by atoms with Gasteiger partial charge in [-0.2, -0.15) is 5.26 Å². The van der Waals surface area contributed by atoms with Gasteiger partial charge in [0.2, 0.25) is 0 Å². The van der Waals surface area contributed by atoms with Crippen molar-refractivity contribution >= 4 is 29.3 Å². The lowest BCUT2D eigenvalue weighted by Crippen LogP contribution is -2.20. The molecule has 110 valence electrons. The Morgan fingerprint density at radius 3 is 2.90 bits per heavy atom. The number of carbonyl (C=O) groups is 2. The van der Waals surface area contributed by atoms with Crippen molar-refractivity contribution in [1.82, 2.24) is 0 Å². The standard InChI is InChI=1S/C15H16N2O3S/c1-2-3-8-15(19)20-11-14(18)17-12-6-4-5-7-13(12)21-10-9-16/h3-8H,2,10-11H2,1H3,(H,17,18)/b8-3+. The van der Waals surface area contributed by atoms with Gasteiger partial charge in [0.1, 0.15) is 0 Å². The van der Waals surface area contributed by atoms with Crippen molar-refractivity contribution in [3.8, 4) is 6.07 Å². The minimum Gasteiger partial charge on any atom is -0.452 e. The average molecular weight is 304 g/mol. The molecular weight excluding hydrogens is 288 g/mol. The van der Waals surface area contributed by atoms with Crippen LogP contribution in [0.25, 0.3) is 0 Å². The number of amides is 1. The summed E-state index contributed by atoms with van der Waals surface area (Å²) in [5.74, 6) is -0.665. The monoisotopic (exact) mass is 304 g/mol. The molecule has 0 radical (unpaired) electrons. The summed E-state index contributed by atoms with van der Waals surface area (Å²) in [4.78, 5) is 23.8. The Bertz CT molecular complexity index is 564. The number of nitrogens with one attached hydrogen (secondary N) is 1. The molecule has 0 spiro atoms. The third-order valence-corrected chi connectivity index (χ3v) is 3.23. The minimum atomic E-state index is -0.542. The molecule has 1 amide bonds. The maximum Gasteiger partial charge on any atom is 0.330 e. The molecule has 0 unspecified atom stereocenters. The van der Waals surface area contributed by atoms with E-state index >= 15 is 0 Å². The molecule has 0 saturated carbocycles. The van der Waals surface area contributed by atoms with Gasteiger partial charge in [-0.3, -0.25) is 4.79 Å². The summed E-state index contributed by atoms with van der Waals surface area (Å²) in [6.45, 7) is 1.55. The van der Waals surface area contributed by atoms with Crippen LogP contribution in [-0.2, 0) is 14.3 Å². The third-order valence-electron chi connectivity index (χ3n) is 2.29. The van der Waals surface area contributed by atoms with Crippen LogP contribution in [0.1, 0.15) is 13.3 Å². The fourth-order valence-electron chi connectivity index (χ4n) is 1.39. The summed E-state index contributed by atoms with van der Waals surface area (Å²) in [6, 6.07) is 9.18. The fraction of sp³-hybridized carbons (Fsp3) is 0.267. The first-order valence-corrected chi connectivity index (χ1v) is 7.37. The van der Waals surface area contributed by atoms with Crippen LogP contribution in [0.3, 0.4) is 0 Å². The number of nitriles is 1. The van der Waals surface area contributed by atoms with Crippen LogP contribution >= 0.6 is 11.8 Å². The lowest BCUT2D eigenvalue weighted by Gasteiger charge is -2.09. The first-order valence-electron chi connectivity index (χ1n) is 6.39. The zero-order valence-electron chi connectivity index (χ0n) is 11.7. The molecule has 21 heavy (non-hydrogen) atoms. The summed E-state index contributed by atoms with van der Waals surface area (Å²) < 4.78 is 4.80. The molecule has 0 bridgehead atoms. The van der Waals surface area contributed by atoms with E-state index in [1.165, 1.54) is 17.8 Å². The molecule has 0 aliphatic heterocycles. The lowest BCUT2D eigenvalue weighted by molar-refractivity contribution is -0.142. The van der Waals surface area contributed by atoms with Crippen LogP contribution < -0.4 is 5.32 Å². The molecule has 0 aromatic heterocycles. The van der Waals surface area contributed by atoms with E-state index in [1.807, 2.05) is 25.1 Å². The molecule has 0 aliphatic rings. The summed E-state index contributed by atoms with van der Waals surface area (Å²) in [5.41, 5.74) is 0.600. The molecule has 0 atom stereocenters. The Hall–Kier alpha value is -2.26. The van der Waals surface area contributed by atoms with E-state index in [9.17, 15) is 9.59 Å². The number of esters is 1. The van der Waals surface area contributed by atoms with Gasteiger partial charge in [0, 0.05) is 11.0 Å². The first kappa shape index (κ1) is 16.8. The van der Waals surface area contributed by atoms with Crippen LogP contribution in [0, 0.1) is 11.3 Å². The molecule has 6 heteroatoms. The van der Waals surface area contributed by atoms with Gasteiger partial charge in [0.25, 0.3) is 5.91 Å². The molecule has 0 saturated heterocycles. The van der Waals surface area contributed by atoms with Gasteiger partial charge in [-0.25, -0.2) is 4.79 Å². The molecule has 1 aromatic rings. The maximum atomic E-state index is 11.7. The van der Waals surface area contributed by atoms with Crippen LogP contribution in [0.15, 0.2) is 41.3 Å². The second kappa shape index (κ2) is 9.61. The second-order valence-electron chi connectivity index (χ2n) is 3.91. The quantitative estimate of drug-likeness (QED) is 0.476. The van der Waals surface area contributed by atoms with Crippen LogP contribution in [0.5, 0.6) is 0 Å². The highest BCUT2D eigenvalue weighted by Gasteiger charge is 2.08. The molecule has 0 fully saturated rings. The molecule has 1 N–H and O–H groups in total. The zero-order chi connectivity index (χ0) is 15.5. The van der Waals surface area contributed by atoms with Gasteiger partial charge >= 0.3 is 5.97 Å². The predicted octanol–water partition coefficient (Wildman–Crippen LogP) is 2.75. The van der Waals surface area contributed by atoms with Crippen molar-refractivity contribution in [2.45, 2.75) is 18.2 Å². The van der Waals surface area contributed by atoms with Crippen LogP contribution in [0.2, 0.25) is 0 Å². The predicted molar refractivity (Wildman–Crippen MR) is 81.8 cm³/mol. The van der Waals surface area contributed by atoms with E-state index in [2.05, 4.69) is 5.32 Å². The van der Waals surface area contributed by atoms with E-state index in [0.29, 0.717) is 11.4 Å². The van der Waals surface area contributed by atoms with Gasteiger partial charge in [-0.15, -0.1) is 11.8 Å². The first-order chi connectivity index (χ1) is 10.2. The molecule has 1 rings (SSSR count). The lowest BCUT2D eigenvalue weighted by atomic mass is 10.3. The van der Waals surface area contributed by atoms with Crippen molar-refractivity contribution in [2.75, 3.05) is 17.7 Å². The number of benzene rings is 1. The topological polar surface area (TPSA) is 79.2 Å². The second-order valence-corrected chi connectivity index (χ2v) is 4.93. The normalized spacial score (nSPS) is 10.1. The fourth-order valence-corrected chi connectivity index (χ4v) is 2.06. The molecule has 5 nitrogen and oxygen atoms in total. The molecular formula is C15H16N2O3S. The minimum absolute atomic E-state index is 0.295. The Morgan fingerprint density at radius 1 is 1.43 bits per heavy atom. The molecule has 0 heterocycles.